The Hall–Kier alpha value is -2.38. The van der Waals surface area contributed by atoms with Crippen molar-refractivity contribution in [2.75, 3.05) is 25.0 Å². The van der Waals surface area contributed by atoms with Gasteiger partial charge in [0.25, 0.3) is 5.91 Å². The highest BCUT2D eigenvalue weighted by atomic mass is 35.5. The number of rotatable bonds is 5. The van der Waals surface area contributed by atoms with Crippen molar-refractivity contribution in [1.29, 1.82) is 0 Å². The van der Waals surface area contributed by atoms with Gasteiger partial charge in [-0.15, -0.1) is 12.4 Å². The van der Waals surface area contributed by atoms with Crippen molar-refractivity contribution in [2.24, 2.45) is 0 Å². The van der Waals surface area contributed by atoms with Crippen LogP contribution in [0.25, 0.3) is 0 Å². The van der Waals surface area contributed by atoms with Crippen LogP contribution in [0, 0.1) is 0 Å². The fourth-order valence-corrected chi connectivity index (χ4v) is 2.86. The van der Waals surface area contributed by atoms with Gasteiger partial charge in [-0.25, -0.2) is 4.79 Å². The molecule has 1 saturated heterocycles. The normalized spacial score (nSPS) is 16.4. The van der Waals surface area contributed by atoms with E-state index in [4.69, 9.17) is 4.74 Å². The zero-order valence-corrected chi connectivity index (χ0v) is 15.4. The second kappa shape index (κ2) is 9.35. The number of piperidine rings is 1. The van der Waals surface area contributed by atoms with Crippen molar-refractivity contribution < 1.29 is 14.3 Å². The molecular weight excluding hydrogens is 356 g/mol. The molecule has 0 saturated carbocycles. The first-order valence-electron chi connectivity index (χ1n) is 8.52. The van der Waals surface area contributed by atoms with Crippen molar-refractivity contribution in [2.45, 2.75) is 25.8 Å². The number of carbonyl (C=O) groups is 2. The number of nitrogens with zero attached hydrogens (tertiary/aromatic N) is 2. The van der Waals surface area contributed by atoms with Gasteiger partial charge >= 0.3 is 5.97 Å². The number of amides is 1. The number of hydrogen-bond donors (Lipinski definition) is 2. The van der Waals surface area contributed by atoms with Crippen LogP contribution in [0.2, 0.25) is 0 Å². The Kier molecular flexibility index (Phi) is 7.17. The van der Waals surface area contributed by atoms with E-state index in [1.807, 2.05) is 10.9 Å². The fourth-order valence-electron chi connectivity index (χ4n) is 2.86. The van der Waals surface area contributed by atoms with Crippen LogP contribution in [0.5, 0.6) is 0 Å². The molecule has 1 fully saturated rings. The van der Waals surface area contributed by atoms with E-state index in [2.05, 4.69) is 15.7 Å². The van der Waals surface area contributed by atoms with E-state index in [0.29, 0.717) is 23.6 Å². The summed E-state index contributed by atoms with van der Waals surface area (Å²) in [5.41, 5.74) is 1.29. The number of carbonyl (C=O) groups excluding carboxylic acids is 2. The van der Waals surface area contributed by atoms with E-state index in [9.17, 15) is 9.59 Å². The minimum Gasteiger partial charge on any atom is -0.462 e. The van der Waals surface area contributed by atoms with Crippen molar-refractivity contribution in [3.05, 3.63) is 47.8 Å². The Balaban J connectivity index is 0.00000243. The topological polar surface area (TPSA) is 85.2 Å². The van der Waals surface area contributed by atoms with Gasteiger partial charge in [0.05, 0.1) is 18.2 Å². The van der Waals surface area contributed by atoms with Crippen molar-refractivity contribution in [3.8, 4) is 0 Å². The maximum Gasteiger partial charge on any atom is 0.338 e. The predicted octanol–water partition coefficient (Wildman–Crippen LogP) is 2.66. The maximum absolute atomic E-state index is 12.4. The van der Waals surface area contributed by atoms with E-state index in [-0.39, 0.29) is 24.4 Å². The van der Waals surface area contributed by atoms with Crippen molar-refractivity contribution in [3.63, 3.8) is 0 Å². The molecule has 26 heavy (non-hydrogen) atoms. The average Bonchev–Trinajstić information content (AvgIpc) is 3.13. The third-order valence-electron chi connectivity index (χ3n) is 4.12. The number of halogens is 1. The molecule has 3 rings (SSSR count). The highest BCUT2D eigenvalue weighted by Crippen LogP contribution is 2.17. The molecule has 1 unspecified atom stereocenters. The summed E-state index contributed by atoms with van der Waals surface area (Å²) in [4.78, 5) is 24.2. The molecule has 2 N–H and O–H groups in total. The number of esters is 1. The molecule has 1 aromatic carbocycles. The molecule has 7 nitrogen and oxygen atoms in total. The third-order valence-corrected chi connectivity index (χ3v) is 4.12. The fraction of sp³-hybridized carbons (Fsp3) is 0.389. The van der Waals surface area contributed by atoms with Gasteiger partial charge in [-0.2, -0.15) is 5.10 Å². The lowest BCUT2D eigenvalue weighted by molar-refractivity contribution is 0.0526. The molecule has 1 aliphatic heterocycles. The number of aromatic nitrogens is 2. The monoisotopic (exact) mass is 378 g/mol. The van der Waals surface area contributed by atoms with Crippen LogP contribution in [0.4, 0.5) is 5.69 Å². The van der Waals surface area contributed by atoms with Crippen molar-refractivity contribution in [1.82, 2.24) is 15.1 Å². The summed E-state index contributed by atoms with van der Waals surface area (Å²) in [6.45, 7) is 3.96. The van der Waals surface area contributed by atoms with Gasteiger partial charge in [0, 0.05) is 18.4 Å². The Morgan fingerprint density at radius 3 is 2.96 bits per heavy atom. The number of ether oxygens (including phenoxy) is 1. The largest absolute Gasteiger partial charge is 0.462 e. The number of nitrogens with one attached hydrogen (secondary N) is 2. The van der Waals surface area contributed by atoms with Gasteiger partial charge in [-0.05, 0) is 50.6 Å². The minimum absolute atomic E-state index is 0. The van der Waals surface area contributed by atoms with Gasteiger partial charge in [0.1, 0.15) is 0 Å². The van der Waals surface area contributed by atoms with Crippen LogP contribution in [0.1, 0.15) is 46.7 Å². The standard InChI is InChI=1S/C18H22N4O3.ClH/c1-2-25-18(24)13-5-3-6-14(11-13)20-17(23)16-8-10-22(21-16)15-7-4-9-19-12-15;/h3,5-6,8,10-11,15,19H,2,4,7,9,12H2,1H3,(H,20,23);1H. The van der Waals surface area contributed by atoms with E-state index in [1.165, 1.54) is 0 Å². The molecule has 0 aliphatic carbocycles. The summed E-state index contributed by atoms with van der Waals surface area (Å²) in [5.74, 6) is -0.712. The summed E-state index contributed by atoms with van der Waals surface area (Å²) >= 11 is 0. The first-order valence-corrected chi connectivity index (χ1v) is 8.52. The molecule has 8 heteroatoms. The molecule has 1 atom stereocenters. The molecule has 1 aromatic heterocycles. The summed E-state index contributed by atoms with van der Waals surface area (Å²) in [5, 5.41) is 10.5. The molecular formula is C18H23ClN4O3. The molecule has 2 heterocycles. The second-order valence-corrected chi connectivity index (χ2v) is 5.94. The lowest BCUT2D eigenvalue weighted by Gasteiger charge is -2.22. The number of hydrogen-bond acceptors (Lipinski definition) is 5. The summed E-state index contributed by atoms with van der Waals surface area (Å²) in [6, 6.07) is 8.66. The zero-order valence-electron chi connectivity index (χ0n) is 14.6. The Morgan fingerprint density at radius 1 is 1.38 bits per heavy atom. The third kappa shape index (κ3) is 4.83. The SMILES string of the molecule is CCOC(=O)c1cccc(NC(=O)c2ccn(C3CCCNC3)n2)c1.Cl. The van der Waals surface area contributed by atoms with Gasteiger partial charge in [-0.3, -0.25) is 9.48 Å². The number of anilines is 1. The van der Waals surface area contributed by atoms with Crippen LogP contribution in [0.15, 0.2) is 36.5 Å². The quantitative estimate of drug-likeness (QED) is 0.781. The molecule has 0 bridgehead atoms. The van der Waals surface area contributed by atoms with Gasteiger partial charge in [0.2, 0.25) is 0 Å². The van der Waals surface area contributed by atoms with Crippen LogP contribution in [-0.4, -0.2) is 41.4 Å². The molecule has 2 aromatic rings. The lowest BCUT2D eigenvalue weighted by Crippen LogP contribution is -2.32. The van der Waals surface area contributed by atoms with Crippen LogP contribution >= 0.6 is 12.4 Å². The van der Waals surface area contributed by atoms with Gasteiger partial charge in [-0.1, -0.05) is 6.07 Å². The van der Waals surface area contributed by atoms with E-state index in [1.54, 1.807) is 37.3 Å². The molecule has 1 amide bonds. The molecule has 1 aliphatic rings. The highest BCUT2D eigenvalue weighted by Gasteiger charge is 2.18. The Labute approximate surface area is 158 Å². The molecule has 0 radical (unpaired) electrons. The van der Waals surface area contributed by atoms with E-state index >= 15 is 0 Å². The summed E-state index contributed by atoms with van der Waals surface area (Å²) in [6.07, 6.45) is 3.99. The smallest absolute Gasteiger partial charge is 0.338 e. The lowest BCUT2D eigenvalue weighted by atomic mass is 10.1. The maximum atomic E-state index is 12.4. The first kappa shape index (κ1) is 19.9. The number of benzene rings is 1. The molecule has 0 spiro atoms. The van der Waals surface area contributed by atoms with Crippen LogP contribution in [-0.2, 0) is 4.74 Å². The molecule has 140 valence electrons. The zero-order chi connectivity index (χ0) is 17.6. The van der Waals surface area contributed by atoms with Crippen LogP contribution in [0.3, 0.4) is 0 Å². The highest BCUT2D eigenvalue weighted by molar-refractivity contribution is 6.03. The summed E-state index contributed by atoms with van der Waals surface area (Å²) in [7, 11) is 0. The van der Waals surface area contributed by atoms with Crippen molar-refractivity contribution >= 4 is 30.0 Å². The van der Waals surface area contributed by atoms with E-state index < -0.39 is 5.97 Å². The Morgan fingerprint density at radius 2 is 2.23 bits per heavy atom. The predicted molar refractivity (Wildman–Crippen MR) is 101 cm³/mol. The second-order valence-electron chi connectivity index (χ2n) is 5.94. The average molecular weight is 379 g/mol. The van der Waals surface area contributed by atoms with Gasteiger partial charge < -0.3 is 15.4 Å². The van der Waals surface area contributed by atoms with E-state index in [0.717, 1.165) is 25.9 Å². The van der Waals surface area contributed by atoms with Crippen LogP contribution < -0.4 is 10.6 Å². The van der Waals surface area contributed by atoms with Gasteiger partial charge in [0.15, 0.2) is 5.69 Å². The summed E-state index contributed by atoms with van der Waals surface area (Å²) < 4.78 is 6.81. The Bertz CT molecular complexity index is 756. The minimum atomic E-state index is -0.410. The first-order chi connectivity index (χ1) is 12.2.